The Bertz CT molecular complexity index is 521. The van der Waals surface area contributed by atoms with E-state index in [0.717, 1.165) is 24.0 Å². The molecule has 1 saturated heterocycles. The zero-order chi connectivity index (χ0) is 15.0. The van der Waals surface area contributed by atoms with Crippen molar-refractivity contribution in [2.24, 2.45) is 0 Å². The van der Waals surface area contributed by atoms with Crippen LogP contribution >= 0.6 is 0 Å². The highest BCUT2D eigenvalue weighted by Gasteiger charge is 2.35. The SMILES string of the molecule is CC1CCCC(C)N1C(=O)N[C@H]1c2ccccc2C[C@H]1O. The number of amides is 2. The predicted molar refractivity (Wildman–Crippen MR) is 82.0 cm³/mol. The number of piperidine rings is 1. The number of hydrogen-bond donors (Lipinski definition) is 2. The molecule has 2 unspecified atom stereocenters. The van der Waals surface area contributed by atoms with Gasteiger partial charge in [-0.15, -0.1) is 0 Å². The summed E-state index contributed by atoms with van der Waals surface area (Å²) in [7, 11) is 0. The minimum absolute atomic E-state index is 0.0459. The highest BCUT2D eigenvalue weighted by molar-refractivity contribution is 5.76. The number of aliphatic hydroxyl groups excluding tert-OH is 1. The minimum Gasteiger partial charge on any atom is -0.390 e. The molecular weight excluding hydrogens is 264 g/mol. The lowest BCUT2D eigenvalue weighted by molar-refractivity contribution is 0.103. The number of nitrogens with zero attached hydrogens (tertiary/aromatic N) is 1. The van der Waals surface area contributed by atoms with Crippen LogP contribution in [-0.4, -0.2) is 34.2 Å². The summed E-state index contributed by atoms with van der Waals surface area (Å²) in [5.74, 6) is 0. The maximum absolute atomic E-state index is 12.6. The fourth-order valence-corrected chi connectivity index (χ4v) is 3.78. The number of urea groups is 1. The summed E-state index contributed by atoms with van der Waals surface area (Å²) >= 11 is 0. The Kier molecular flexibility index (Phi) is 3.89. The number of carbonyl (C=O) groups excluding carboxylic acids is 1. The highest BCUT2D eigenvalue weighted by atomic mass is 16.3. The summed E-state index contributed by atoms with van der Waals surface area (Å²) < 4.78 is 0. The Morgan fingerprint density at radius 3 is 2.62 bits per heavy atom. The van der Waals surface area contributed by atoms with Crippen molar-refractivity contribution in [3.8, 4) is 0 Å². The van der Waals surface area contributed by atoms with E-state index in [9.17, 15) is 9.90 Å². The molecule has 0 bridgehead atoms. The molecule has 0 spiro atoms. The van der Waals surface area contributed by atoms with Gasteiger partial charge in [-0.1, -0.05) is 24.3 Å². The second-order valence-corrected chi connectivity index (χ2v) is 6.43. The molecule has 0 aromatic heterocycles. The van der Waals surface area contributed by atoms with Gasteiger partial charge in [-0.3, -0.25) is 0 Å². The van der Waals surface area contributed by atoms with E-state index in [1.165, 1.54) is 6.42 Å². The fourth-order valence-electron chi connectivity index (χ4n) is 3.78. The van der Waals surface area contributed by atoms with E-state index in [1.807, 2.05) is 29.2 Å². The topological polar surface area (TPSA) is 52.6 Å². The first-order valence-electron chi connectivity index (χ1n) is 7.92. The van der Waals surface area contributed by atoms with E-state index in [4.69, 9.17) is 0 Å². The zero-order valence-corrected chi connectivity index (χ0v) is 12.7. The van der Waals surface area contributed by atoms with Crippen LogP contribution < -0.4 is 5.32 Å². The highest BCUT2D eigenvalue weighted by Crippen LogP contribution is 2.32. The second kappa shape index (κ2) is 5.68. The van der Waals surface area contributed by atoms with Crippen molar-refractivity contribution in [1.82, 2.24) is 10.2 Å². The lowest BCUT2D eigenvalue weighted by Crippen LogP contribution is -2.53. The normalized spacial score (nSPS) is 31.9. The largest absolute Gasteiger partial charge is 0.390 e. The second-order valence-electron chi connectivity index (χ2n) is 6.43. The molecule has 2 N–H and O–H groups in total. The van der Waals surface area contributed by atoms with E-state index in [-0.39, 0.29) is 24.2 Å². The third kappa shape index (κ3) is 2.64. The molecule has 1 heterocycles. The average Bonchev–Trinajstić information content (AvgIpc) is 2.75. The predicted octanol–water partition coefficient (Wildman–Crippen LogP) is 2.62. The van der Waals surface area contributed by atoms with E-state index in [1.54, 1.807) is 0 Å². The molecule has 0 radical (unpaired) electrons. The lowest BCUT2D eigenvalue weighted by atomic mass is 9.98. The molecule has 1 aliphatic heterocycles. The molecule has 4 atom stereocenters. The van der Waals surface area contributed by atoms with Crippen LogP contribution in [0.5, 0.6) is 0 Å². The van der Waals surface area contributed by atoms with Gasteiger partial charge in [-0.25, -0.2) is 4.79 Å². The summed E-state index contributed by atoms with van der Waals surface area (Å²) in [5.41, 5.74) is 2.19. The Morgan fingerprint density at radius 2 is 1.90 bits per heavy atom. The molecule has 2 aliphatic rings. The molecule has 2 amide bonds. The summed E-state index contributed by atoms with van der Waals surface area (Å²) in [4.78, 5) is 14.6. The van der Waals surface area contributed by atoms with E-state index in [0.29, 0.717) is 6.42 Å². The summed E-state index contributed by atoms with van der Waals surface area (Å²) in [6.45, 7) is 4.21. The van der Waals surface area contributed by atoms with Crippen molar-refractivity contribution < 1.29 is 9.90 Å². The Labute approximate surface area is 126 Å². The van der Waals surface area contributed by atoms with Gasteiger partial charge in [0.2, 0.25) is 0 Å². The van der Waals surface area contributed by atoms with Crippen LogP contribution in [0.25, 0.3) is 0 Å². The van der Waals surface area contributed by atoms with Crippen LogP contribution in [0.15, 0.2) is 24.3 Å². The van der Waals surface area contributed by atoms with Gasteiger partial charge >= 0.3 is 6.03 Å². The van der Waals surface area contributed by atoms with Gasteiger partial charge in [0.15, 0.2) is 0 Å². The first-order chi connectivity index (χ1) is 10.1. The van der Waals surface area contributed by atoms with Crippen LogP contribution in [0.4, 0.5) is 4.79 Å². The third-order valence-electron chi connectivity index (χ3n) is 4.91. The number of hydrogen-bond acceptors (Lipinski definition) is 2. The number of nitrogens with one attached hydrogen (secondary N) is 1. The Hall–Kier alpha value is -1.55. The molecule has 1 aromatic rings. The number of fused-ring (bicyclic) bond motifs is 1. The quantitative estimate of drug-likeness (QED) is 0.834. The number of carbonyl (C=O) groups is 1. The van der Waals surface area contributed by atoms with Gasteiger partial charge in [0.1, 0.15) is 0 Å². The van der Waals surface area contributed by atoms with Crippen LogP contribution in [-0.2, 0) is 6.42 Å². The van der Waals surface area contributed by atoms with Crippen LogP contribution in [0.3, 0.4) is 0 Å². The smallest absolute Gasteiger partial charge is 0.318 e. The maximum Gasteiger partial charge on any atom is 0.318 e. The van der Waals surface area contributed by atoms with Crippen LogP contribution in [0.2, 0.25) is 0 Å². The molecular formula is C17H24N2O2. The van der Waals surface area contributed by atoms with Gasteiger partial charge < -0.3 is 15.3 Å². The van der Waals surface area contributed by atoms with E-state index < -0.39 is 6.10 Å². The minimum atomic E-state index is -0.526. The maximum atomic E-state index is 12.6. The zero-order valence-electron chi connectivity index (χ0n) is 12.7. The van der Waals surface area contributed by atoms with Gasteiger partial charge in [-0.05, 0) is 44.2 Å². The molecule has 1 aliphatic carbocycles. The van der Waals surface area contributed by atoms with Gasteiger partial charge in [0, 0.05) is 18.5 Å². The Morgan fingerprint density at radius 1 is 1.24 bits per heavy atom. The molecule has 114 valence electrons. The standard InChI is InChI=1S/C17H24N2O2/c1-11-6-5-7-12(2)19(11)17(21)18-16-14-9-4-3-8-13(14)10-15(16)20/h3-4,8-9,11-12,15-16,20H,5-7,10H2,1-2H3,(H,18,21)/t11?,12?,15-,16+/m1/s1. The summed E-state index contributed by atoms with van der Waals surface area (Å²) in [6, 6.07) is 8.17. The van der Waals surface area contributed by atoms with Gasteiger partial charge in [0.05, 0.1) is 12.1 Å². The lowest BCUT2D eigenvalue weighted by Gasteiger charge is -2.39. The number of benzene rings is 1. The molecule has 21 heavy (non-hydrogen) atoms. The van der Waals surface area contributed by atoms with Crippen LogP contribution in [0.1, 0.15) is 50.3 Å². The summed E-state index contributed by atoms with van der Waals surface area (Å²) in [6.07, 6.45) is 3.39. The van der Waals surface area contributed by atoms with Gasteiger partial charge in [-0.2, -0.15) is 0 Å². The van der Waals surface area contributed by atoms with Crippen molar-refractivity contribution in [2.45, 2.75) is 63.8 Å². The monoisotopic (exact) mass is 288 g/mol. The molecule has 1 fully saturated rings. The third-order valence-corrected chi connectivity index (χ3v) is 4.91. The fraction of sp³-hybridized carbons (Fsp3) is 0.588. The van der Waals surface area contributed by atoms with E-state index >= 15 is 0 Å². The molecule has 3 rings (SSSR count). The molecule has 4 nitrogen and oxygen atoms in total. The number of rotatable bonds is 1. The first-order valence-corrected chi connectivity index (χ1v) is 7.92. The van der Waals surface area contributed by atoms with Crippen molar-refractivity contribution in [3.63, 3.8) is 0 Å². The molecule has 1 aromatic carbocycles. The number of likely N-dealkylation sites (tertiary alicyclic amines) is 1. The van der Waals surface area contributed by atoms with Gasteiger partial charge in [0.25, 0.3) is 0 Å². The molecule has 0 saturated carbocycles. The van der Waals surface area contributed by atoms with Crippen molar-refractivity contribution in [3.05, 3.63) is 35.4 Å². The van der Waals surface area contributed by atoms with Crippen molar-refractivity contribution in [2.75, 3.05) is 0 Å². The Balaban J connectivity index is 1.75. The average molecular weight is 288 g/mol. The van der Waals surface area contributed by atoms with Crippen LogP contribution in [0, 0.1) is 0 Å². The number of aliphatic hydroxyl groups is 1. The van der Waals surface area contributed by atoms with Crippen molar-refractivity contribution >= 4 is 6.03 Å². The molecule has 4 heteroatoms. The first kappa shape index (κ1) is 14.4. The van der Waals surface area contributed by atoms with E-state index in [2.05, 4.69) is 19.2 Å². The summed E-state index contributed by atoms with van der Waals surface area (Å²) in [5, 5.41) is 13.3. The van der Waals surface area contributed by atoms with Crippen molar-refractivity contribution in [1.29, 1.82) is 0 Å².